The molecule has 110 valence electrons. The molecule has 0 spiro atoms. The Bertz CT molecular complexity index is 677. The van der Waals surface area contributed by atoms with Gasteiger partial charge in [-0.05, 0) is 23.8 Å². The highest BCUT2D eigenvalue weighted by Crippen LogP contribution is 2.18. The Kier molecular flexibility index (Phi) is 3.98. The Morgan fingerprint density at radius 2 is 2.14 bits per heavy atom. The second kappa shape index (κ2) is 5.91. The Hall–Kier alpha value is -1.79. The monoisotopic (exact) mass is 301 g/mol. The van der Waals surface area contributed by atoms with Gasteiger partial charge in [0.15, 0.2) is 4.77 Å². The highest BCUT2D eigenvalue weighted by atomic mass is 32.1. The van der Waals surface area contributed by atoms with Gasteiger partial charge in [-0.3, -0.25) is 4.90 Å². The summed E-state index contributed by atoms with van der Waals surface area (Å²) < 4.78 is 0.575. The molecule has 1 aliphatic rings. The second-order valence-electron chi connectivity index (χ2n) is 5.57. The minimum atomic E-state index is 0.575. The molecule has 0 aliphatic carbocycles. The molecule has 3 heterocycles. The van der Waals surface area contributed by atoms with Crippen LogP contribution in [0.5, 0.6) is 0 Å². The smallest absolute Gasteiger partial charge is 0.196 e. The Morgan fingerprint density at radius 1 is 1.29 bits per heavy atom. The third-order valence-electron chi connectivity index (χ3n) is 3.73. The number of hydrogen-bond acceptors (Lipinski definition) is 5. The zero-order chi connectivity index (χ0) is 14.8. The van der Waals surface area contributed by atoms with E-state index in [2.05, 4.69) is 32.0 Å². The van der Waals surface area contributed by atoms with Gasteiger partial charge < -0.3 is 9.88 Å². The van der Waals surface area contributed by atoms with Gasteiger partial charge in [0.2, 0.25) is 0 Å². The quantitative estimate of drug-likeness (QED) is 0.880. The molecule has 1 N–H and O–H groups in total. The fourth-order valence-corrected chi connectivity index (χ4v) is 2.75. The average Bonchev–Trinajstić information content (AvgIpc) is 2.48. The third kappa shape index (κ3) is 3.28. The van der Waals surface area contributed by atoms with Gasteiger partial charge in [0, 0.05) is 63.8 Å². The molecule has 0 saturated heterocycles. The zero-order valence-electron chi connectivity index (χ0n) is 12.3. The van der Waals surface area contributed by atoms with Crippen LogP contribution in [0.2, 0.25) is 0 Å². The molecule has 0 fully saturated rings. The molecular weight excluding hydrogens is 282 g/mol. The van der Waals surface area contributed by atoms with Crippen molar-refractivity contribution in [1.29, 1.82) is 0 Å². The molecule has 0 aromatic carbocycles. The zero-order valence-corrected chi connectivity index (χ0v) is 13.2. The van der Waals surface area contributed by atoms with Crippen LogP contribution >= 0.6 is 12.2 Å². The largest absolute Gasteiger partial charge is 0.363 e. The number of anilines is 1. The number of nitrogens with one attached hydrogen (secondary N) is 1. The van der Waals surface area contributed by atoms with Crippen LogP contribution in [-0.2, 0) is 19.5 Å². The minimum Gasteiger partial charge on any atom is -0.363 e. The van der Waals surface area contributed by atoms with Crippen LogP contribution in [0.15, 0.2) is 24.5 Å². The van der Waals surface area contributed by atoms with E-state index in [9.17, 15) is 0 Å². The number of aromatic nitrogens is 3. The van der Waals surface area contributed by atoms with E-state index in [1.807, 2.05) is 31.4 Å². The van der Waals surface area contributed by atoms with Gasteiger partial charge in [-0.1, -0.05) is 6.07 Å². The summed E-state index contributed by atoms with van der Waals surface area (Å²) in [5, 5.41) is 0. The van der Waals surface area contributed by atoms with Crippen LogP contribution in [0.3, 0.4) is 0 Å². The molecular formula is C15H19N5S. The molecule has 1 aliphatic heterocycles. The topological polar surface area (TPSA) is 48.0 Å². The average molecular weight is 301 g/mol. The molecule has 0 bridgehead atoms. The lowest BCUT2D eigenvalue weighted by Gasteiger charge is -2.28. The molecule has 0 saturated carbocycles. The van der Waals surface area contributed by atoms with Crippen molar-refractivity contribution in [3.63, 3.8) is 0 Å². The van der Waals surface area contributed by atoms with E-state index in [1.54, 1.807) is 0 Å². The number of rotatable bonds is 3. The van der Waals surface area contributed by atoms with Crippen LogP contribution in [-0.4, -0.2) is 40.5 Å². The summed E-state index contributed by atoms with van der Waals surface area (Å²) in [6.07, 6.45) is 4.85. The molecule has 0 amide bonds. The van der Waals surface area contributed by atoms with Crippen molar-refractivity contribution < 1.29 is 0 Å². The first-order valence-electron chi connectivity index (χ1n) is 7.03. The van der Waals surface area contributed by atoms with Gasteiger partial charge in [-0.25, -0.2) is 9.97 Å². The number of H-pyrrole nitrogens is 1. The van der Waals surface area contributed by atoms with Crippen LogP contribution < -0.4 is 4.90 Å². The SMILES string of the molecule is CN(C)c1ccc(CN2CCc3[nH]c(=S)ncc3C2)cn1. The van der Waals surface area contributed by atoms with Gasteiger partial charge in [0.25, 0.3) is 0 Å². The van der Waals surface area contributed by atoms with E-state index in [0.29, 0.717) is 4.77 Å². The van der Waals surface area contributed by atoms with E-state index in [1.165, 1.54) is 16.8 Å². The van der Waals surface area contributed by atoms with Gasteiger partial charge in [-0.2, -0.15) is 0 Å². The Labute approximate surface area is 129 Å². The number of pyridine rings is 1. The molecule has 5 nitrogen and oxygen atoms in total. The Morgan fingerprint density at radius 3 is 2.86 bits per heavy atom. The van der Waals surface area contributed by atoms with E-state index < -0.39 is 0 Å². The van der Waals surface area contributed by atoms with Gasteiger partial charge in [0.05, 0.1) is 0 Å². The van der Waals surface area contributed by atoms with Crippen molar-refractivity contribution in [2.24, 2.45) is 0 Å². The molecule has 0 atom stereocenters. The number of fused-ring (bicyclic) bond motifs is 1. The lowest BCUT2D eigenvalue weighted by atomic mass is 10.1. The first kappa shape index (κ1) is 14.2. The predicted octanol–water partition coefficient (Wildman–Crippen LogP) is 2.16. The minimum absolute atomic E-state index is 0.575. The maximum atomic E-state index is 5.07. The van der Waals surface area contributed by atoms with Crippen molar-refractivity contribution in [3.05, 3.63) is 46.1 Å². The van der Waals surface area contributed by atoms with Crippen LogP contribution in [0.4, 0.5) is 5.82 Å². The lowest BCUT2D eigenvalue weighted by molar-refractivity contribution is 0.242. The van der Waals surface area contributed by atoms with Crippen molar-refractivity contribution >= 4 is 18.0 Å². The molecule has 0 radical (unpaired) electrons. The van der Waals surface area contributed by atoms with Crippen molar-refractivity contribution in [2.45, 2.75) is 19.5 Å². The fraction of sp³-hybridized carbons (Fsp3) is 0.400. The first-order valence-corrected chi connectivity index (χ1v) is 7.44. The van der Waals surface area contributed by atoms with Crippen molar-refractivity contribution in [3.8, 4) is 0 Å². The van der Waals surface area contributed by atoms with Crippen LogP contribution in [0.1, 0.15) is 16.8 Å². The van der Waals surface area contributed by atoms with E-state index in [0.717, 1.165) is 31.9 Å². The van der Waals surface area contributed by atoms with E-state index in [-0.39, 0.29) is 0 Å². The maximum Gasteiger partial charge on any atom is 0.196 e. The molecule has 2 aromatic rings. The van der Waals surface area contributed by atoms with E-state index >= 15 is 0 Å². The van der Waals surface area contributed by atoms with Crippen molar-refractivity contribution in [2.75, 3.05) is 25.5 Å². The Balaban J connectivity index is 1.69. The lowest BCUT2D eigenvalue weighted by Crippen LogP contribution is -2.30. The number of nitrogens with zero attached hydrogens (tertiary/aromatic N) is 4. The number of aromatic amines is 1. The summed E-state index contributed by atoms with van der Waals surface area (Å²) in [6, 6.07) is 4.21. The summed E-state index contributed by atoms with van der Waals surface area (Å²) in [6.45, 7) is 2.84. The van der Waals surface area contributed by atoms with Gasteiger partial charge in [0.1, 0.15) is 5.82 Å². The molecule has 3 rings (SSSR count). The second-order valence-corrected chi connectivity index (χ2v) is 5.96. The molecule has 6 heteroatoms. The predicted molar refractivity (Wildman–Crippen MR) is 85.8 cm³/mol. The standard InChI is InChI=1S/C15H19N5S/c1-19(2)14-4-3-11(7-16-14)9-20-6-5-13-12(10-20)8-17-15(21)18-13/h3-4,7-8H,5-6,9-10H2,1-2H3,(H,17,18,21). The highest BCUT2D eigenvalue weighted by molar-refractivity contribution is 7.71. The number of hydrogen-bond donors (Lipinski definition) is 1. The third-order valence-corrected chi connectivity index (χ3v) is 3.94. The molecule has 0 unspecified atom stereocenters. The molecule has 2 aromatic heterocycles. The highest BCUT2D eigenvalue weighted by Gasteiger charge is 2.17. The van der Waals surface area contributed by atoms with Crippen LogP contribution in [0, 0.1) is 4.77 Å². The normalized spacial score (nSPS) is 14.8. The summed E-state index contributed by atoms with van der Waals surface area (Å²) in [4.78, 5) is 16.3. The summed E-state index contributed by atoms with van der Waals surface area (Å²) in [5.41, 5.74) is 3.71. The van der Waals surface area contributed by atoms with Gasteiger partial charge in [-0.15, -0.1) is 0 Å². The van der Waals surface area contributed by atoms with Gasteiger partial charge >= 0.3 is 0 Å². The van der Waals surface area contributed by atoms with E-state index in [4.69, 9.17) is 12.2 Å². The first-order chi connectivity index (χ1) is 10.1. The molecule has 21 heavy (non-hydrogen) atoms. The summed E-state index contributed by atoms with van der Waals surface area (Å²) in [5.74, 6) is 0.986. The fourth-order valence-electron chi connectivity index (χ4n) is 2.57. The van der Waals surface area contributed by atoms with Crippen molar-refractivity contribution in [1.82, 2.24) is 19.9 Å². The maximum absolute atomic E-state index is 5.07. The summed E-state index contributed by atoms with van der Waals surface area (Å²) in [7, 11) is 4.00. The van der Waals surface area contributed by atoms with Crippen LogP contribution in [0.25, 0.3) is 0 Å². The summed E-state index contributed by atoms with van der Waals surface area (Å²) >= 11 is 5.07.